The Kier molecular flexibility index (Phi) is 8.93. The number of amides is 1. The lowest BCUT2D eigenvalue weighted by Gasteiger charge is -2.28. The molecule has 154 valence electrons. The van der Waals surface area contributed by atoms with Crippen molar-refractivity contribution in [1.29, 1.82) is 0 Å². The SMILES string of the molecule is CCc1noc(-c2ccc(CCNC(=O)CC(C)C3CCCNC3)cc2)n1.Cl. The van der Waals surface area contributed by atoms with Gasteiger partial charge < -0.3 is 15.2 Å². The van der Waals surface area contributed by atoms with Crippen molar-refractivity contribution in [3.8, 4) is 11.5 Å². The second-order valence-electron chi connectivity index (χ2n) is 7.45. The summed E-state index contributed by atoms with van der Waals surface area (Å²) < 4.78 is 5.26. The van der Waals surface area contributed by atoms with Gasteiger partial charge >= 0.3 is 0 Å². The Bertz CT molecular complexity index is 726. The van der Waals surface area contributed by atoms with E-state index in [1.807, 2.05) is 31.2 Å². The van der Waals surface area contributed by atoms with E-state index in [4.69, 9.17) is 4.52 Å². The van der Waals surface area contributed by atoms with Gasteiger partial charge in [-0.15, -0.1) is 12.4 Å². The summed E-state index contributed by atoms with van der Waals surface area (Å²) in [4.78, 5) is 16.5. The molecule has 2 N–H and O–H groups in total. The highest BCUT2D eigenvalue weighted by atomic mass is 35.5. The zero-order chi connectivity index (χ0) is 19.1. The highest BCUT2D eigenvalue weighted by Crippen LogP contribution is 2.22. The summed E-state index contributed by atoms with van der Waals surface area (Å²) in [6, 6.07) is 8.08. The molecular weight excluding hydrogens is 376 g/mol. The molecule has 1 aliphatic rings. The number of carbonyl (C=O) groups excluding carboxylic acids is 1. The number of hydrogen-bond donors (Lipinski definition) is 2. The van der Waals surface area contributed by atoms with Crippen LogP contribution in [-0.4, -0.2) is 35.7 Å². The summed E-state index contributed by atoms with van der Waals surface area (Å²) in [6.07, 6.45) is 4.64. The van der Waals surface area contributed by atoms with E-state index in [1.165, 1.54) is 18.4 Å². The molecule has 1 aromatic carbocycles. The van der Waals surface area contributed by atoms with E-state index in [-0.39, 0.29) is 18.3 Å². The number of aryl methyl sites for hydroxylation is 1. The van der Waals surface area contributed by atoms with Crippen molar-refractivity contribution in [2.45, 2.75) is 46.0 Å². The van der Waals surface area contributed by atoms with Crippen molar-refractivity contribution in [1.82, 2.24) is 20.8 Å². The summed E-state index contributed by atoms with van der Waals surface area (Å²) >= 11 is 0. The molecule has 0 bridgehead atoms. The summed E-state index contributed by atoms with van der Waals surface area (Å²) in [7, 11) is 0. The number of aromatic nitrogens is 2. The van der Waals surface area contributed by atoms with E-state index in [2.05, 4.69) is 27.7 Å². The maximum atomic E-state index is 12.2. The third-order valence-corrected chi connectivity index (χ3v) is 5.37. The first-order valence-corrected chi connectivity index (χ1v) is 10.0. The predicted octanol–water partition coefficient (Wildman–Crippen LogP) is 3.41. The molecule has 2 atom stereocenters. The van der Waals surface area contributed by atoms with Crippen molar-refractivity contribution < 1.29 is 9.32 Å². The lowest BCUT2D eigenvalue weighted by molar-refractivity contribution is -0.122. The van der Waals surface area contributed by atoms with Gasteiger partial charge in [-0.2, -0.15) is 4.98 Å². The standard InChI is InChI=1S/C21H30N4O2.ClH/c1-3-19-24-21(27-25-19)17-8-6-16(7-9-17)10-12-23-20(26)13-15(2)18-5-4-11-22-14-18;/h6-9,15,18,22H,3-5,10-14H2,1-2H3,(H,23,26);1H. The summed E-state index contributed by atoms with van der Waals surface area (Å²) in [5, 5.41) is 10.4. The van der Waals surface area contributed by atoms with Crippen LogP contribution in [-0.2, 0) is 17.6 Å². The summed E-state index contributed by atoms with van der Waals surface area (Å²) in [5.41, 5.74) is 2.10. The molecule has 3 rings (SSSR count). The molecule has 1 aliphatic heterocycles. The Balaban J connectivity index is 0.00000280. The third-order valence-electron chi connectivity index (χ3n) is 5.37. The number of hydrogen-bond acceptors (Lipinski definition) is 5. The number of rotatable bonds is 8. The fraction of sp³-hybridized carbons (Fsp3) is 0.571. The van der Waals surface area contributed by atoms with Crippen LogP contribution in [0.1, 0.15) is 44.5 Å². The number of nitrogens with one attached hydrogen (secondary N) is 2. The normalized spacial score (nSPS) is 17.6. The van der Waals surface area contributed by atoms with Gasteiger partial charge in [0, 0.05) is 24.9 Å². The summed E-state index contributed by atoms with van der Waals surface area (Å²) in [5.74, 6) is 2.48. The molecule has 1 aromatic heterocycles. The number of carbonyl (C=O) groups is 1. The molecule has 1 amide bonds. The maximum Gasteiger partial charge on any atom is 0.257 e. The molecule has 2 aromatic rings. The molecule has 2 heterocycles. The molecule has 0 radical (unpaired) electrons. The van der Waals surface area contributed by atoms with Crippen molar-refractivity contribution in [2.24, 2.45) is 11.8 Å². The first-order chi connectivity index (χ1) is 13.2. The van der Waals surface area contributed by atoms with E-state index >= 15 is 0 Å². The largest absolute Gasteiger partial charge is 0.356 e. The molecule has 7 heteroatoms. The van der Waals surface area contributed by atoms with Crippen LogP contribution < -0.4 is 10.6 Å². The fourth-order valence-corrected chi connectivity index (χ4v) is 3.57. The van der Waals surface area contributed by atoms with E-state index in [1.54, 1.807) is 0 Å². The van der Waals surface area contributed by atoms with Gasteiger partial charge in [-0.25, -0.2) is 0 Å². The molecule has 1 saturated heterocycles. The highest BCUT2D eigenvalue weighted by Gasteiger charge is 2.21. The molecule has 0 saturated carbocycles. The first kappa shape index (κ1) is 22.4. The monoisotopic (exact) mass is 406 g/mol. The minimum absolute atomic E-state index is 0. The second kappa shape index (κ2) is 11.2. The van der Waals surface area contributed by atoms with E-state index in [0.717, 1.165) is 37.3 Å². The second-order valence-corrected chi connectivity index (χ2v) is 7.45. The molecular formula is C21H31ClN4O2. The Morgan fingerprint density at radius 2 is 2.14 bits per heavy atom. The zero-order valence-corrected chi connectivity index (χ0v) is 17.6. The van der Waals surface area contributed by atoms with Gasteiger partial charge in [0.25, 0.3) is 5.89 Å². The van der Waals surface area contributed by atoms with Crippen molar-refractivity contribution in [3.05, 3.63) is 35.7 Å². The average Bonchev–Trinajstić information content (AvgIpc) is 3.18. The smallest absolute Gasteiger partial charge is 0.257 e. The van der Waals surface area contributed by atoms with Gasteiger partial charge in [0.2, 0.25) is 5.91 Å². The van der Waals surface area contributed by atoms with Crippen LogP contribution in [0.5, 0.6) is 0 Å². The lowest BCUT2D eigenvalue weighted by Crippen LogP contribution is -2.36. The zero-order valence-electron chi connectivity index (χ0n) is 16.7. The van der Waals surface area contributed by atoms with Crippen molar-refractivity contribution in [2.75, 3.05) is 19.6 Å². The number of piperidine rings is 1. The predicted molar refractivity (Wildman–Crippen MR) is 112 cm³/mol. The molecule has 0 spiro atoms. The summed E-state index contributed by atoms with van der Waals surface area (Å²) in [6.45, 7) is 7.01. The van der Waals surface area contributed by atoms with Gasteiger partial charge in [0.1, 0.15) is 0 Å². The molecule has 6 nitrogen and oxygen atoms in total. The van der Waals surface area contributed by atoms with Gasteiger partial charge in [-0.1, -0.05) is 31.1 Å². The average molecular weight is 407 g/mol. The Morgan fingerprint density at radius 3 is 2.79 bits per heavy atom. The number of benzene rings is 1. The topological polar surface area (TPSA) is 80.0 Å². The minimum atomic E-state index is 0. The molecule has 1 fully saturated rings. The van der Waals surface area contributed by atoms with Crippen molar-refractivity contribution in [3.63, 3.8) is 0 Å². The van der Waals surface area contributed by atoms with Gasteiger partial charge in [0.15, 0.2) is 5.82 Å². The molecule has 28 heavy (non-hydrogen) atoms. The lowest BCUT2D eigenvalue weighted by atomic mass is 9.85. The minimum Gasteiger partial charge on any atom is -0.356 e. The quantitative estimate of drug-likeness (QED) is 0.702. The van der Waals surface area contributed by atoms with E-state index in [9.17, 15) is 4.79 Å². The van der Waals surface area contributed by atoms with E-state index < -0.39 is 0 Å². The van der Waals surface area contributed by atoms with Crippen LogP contribution in [0.2, 0.25) is 0 Å². The molecule has 2 unspecified atom stereocenters. The van der Waals surface area contributed by atoms with Gasteiger partial charge in [-0.3, -0.25) is 4.79 Å². The Hall–Kier alpha value is -1.92. The Morgan fingerprint density at radius 1 is 1.36 bits per heavy atom. The fourth-order valence-electron chi connectivity index (χ4n) is 3.57. The van der Waals surface area contributed by atoms with Gasteiger partial charge in [-0.05, 0) is 61.9 Å². The van der Waals surface area contributed by atoms with E-state index in [0.29, 0.717) is 30.7 Å². The van der Waals surface area contributed by atoms with Crippen LogP contribution >= 0.6 is 12.4 Å². The third kappa shape index (κ3) is 6.31. The van der Waals surface area contributed by atoms with Crippen molar-refractivity contribution >= 4 is 18.3 Å². The maximum absolute atomic E-state index is 12.2. The van der Waals surface area contributed by atoms with Crippen LogP contribution in [0.25, 0.3) is 11.5 Å². The van der Waals surface area contributed by atoms with Crippen LogP contribution in [0.3, 0.4) is 0 Å². The van der Waals surface area contributed by atoms with Crippen LogP contribution in [0.15, 0.2) is 28.8 Å². The van der Waals surface area contributed by atoms with Crippen LogP contribution in [0, 0.1) is 11.8 Å². The Labute approximate surface area is 173 Å². The number of nitrogens with zero attached hydrogens (tertiary/aromatic N) is 2. The first-order valence-electron chi connectivity index (χ1n) is 10.0. The molecule has 0 aliphatic carbocycles. The van der Waals surface area contributed by atoms with Crippen LogP contribution in [0.4, 0.5) is 0 Å². The number of halogens is 1. The highest BCUT2D eigenvalue weighted by molar-refractivity contribution is 5.85. The van der Waals surface area contributed by atoms with Gasteiger partial charge in [0.05, 0.1) is 0 Å².